The first kappa shape index (κ1) is 14.1. The van der Waals surface area contributed by atoms with E-state index in [9.17, 15) is 0 Å². The maximum absolute atomic E-state index is 6.09. The minimum absolute atomic E-state index is 0.300. The van der Waals surface area contributed by atoms with Gasteiger partial charge in [-0.25, -0.2) is 0 Å². The molecule has 18 heavy (non-hydrogen) atoms. The van der Waals surface area contributed by atoms with Crippen molar-refractivity contribution in [3.63, 3.8) is 0 Å². The predicted molar refractivity (Wildman–Crippen MR) is 83.7 cm³/mol. The van der Waals surface area contributed by atoms with Crippen molar-refractivity contribution in [2.45, 2.75) is 19.4 Å². The van der Waals surface area contributed by atoms with Gasteiger partial charge in [0.1, 0.15) is 0 Å². The fraction of sp³-hybridized carbons (Fsp3) is 0.286. The predicted octanol–water partition coefficient (Wildman–Crippen LogP) is 4.98. The maximum atomic E-state index is 6.09. The summed E-state index contributed by atoms with van der Waals surface area (Å²) < 4.78 is 1.15. The largest absolute Gasteiger partial charge is 0.313 e. The number of likely N-dealkylation sites (N-methyl/N-ethyl adjacent to an activating group) is 1. The number of halogens is 2. The third-order valence-electron chi connectivity index (χ3n) is 2.99. The molecule has 0 amide bonds. The van der Waals surface area contributed by atoms with Gasteiger partial charge in [0.25, 0.3) is 0 Å². The van der Waals surface area contributed by atoms with Gasteiger partial charge >= 0.3 is 0 Å². The van der Waals surface area contributed by atoms with Gasteiger partial charge in [-0.15, -0.1) is 11.3 Å². The summed E-state index contributed by atoms with van der Waals surface area (Å²) in [5, 5.41) is 6.29. The Balaban J connectivity index is 2.25. The van der Waals surface area contributed by atoms with E-state index in [1.54, 1.807) is 11.3 Å². The zero-order valence-corrected chi connectivity index (χ0v) is 13.5. The Hall–Kier alpha value is -0.350. The van der Waals surface area contributed by atoms with E-state index in [2.05, 4.69) is 51.7 Å². The van der Waals surface area contributed by atoms with Gasteiger partial charge in [0.15, 0.2) is 0 Å². The lowest BCUT2D eigenvalue weighted by Crippen LogP contribution is -2.19. The molecule has 1 nitrogen and oxygen atoms in total. The lowest BCUT2D eigenvalue weighted by molar-refractivity contribution is 0.593. The molecule has 0 aliphatic rings. The van der Waals surface area contributed by atoms with Crippen LogP contribution in [0, 0.1) is 6.92 Å². The lowest BCUT2D eigenvalue weighted by atomic mass is 9.98. The van der Waals surface area contributed by atoms with Crippen LogP contribution in [0.5, 0.6) is 0 Å². The molecule has 0 saturated carbocycles. The van der Waals surface area contributed by atoms with Crippen LogP contribution >= 0.6 is 38.9 Å². The molecule has 0 bridgehead atoms. The monoisotopic (exact) mass is 343 g/mol. The van der Waals surface area contributed by atoms with Gasteiger partial charge < -0.3 is 5.32 Å². The molecule has 0 radical (unpaired) electrons. The van der Waals surface area contributed by atoms with E-state index < -0.39 is 0 Å². The van der Waals surface area contributed by atoms with Crippen LogP contribution in [0.3, 0.4) is 0 Å². The number of thiophene rings is 1. The van der Waals surface area contributed by atoms with Gasteiger partial charge in [-0.3, -0.25) is 0 Å². The highest BCUT2D eigenvalue weighted by Gasteiger charge is 2.14. The van der Waals surface area contributed by atoms with Gasteiger partial charge in [0, 0.05) is 32.2 Å². The molecule has 0 aliphatic heterocycles. The van der Waals surface area contributed by atoms with Crippen molar-refractivity contribution in [2.75, 3.05) is 7.05 Å². The molecule has 0 spiro atoms. The molecule has 1 aromatic heterocycles. The zero-order valence-electron chi connectivity index (χ0n) is 10.3. The molecule has 4 heteroatoms. The summed E-state index contributed by atoms with van der Waals surface area (Å²) in [7, 11) is 1.99. The van der Waals surface area contributed by atoms with Gasteiger partial charge in [-0.05, 0) is 59.2 Å². The number of aryl methyl sites for hydroxylation is 1. The molecule has 1 N–H and O–H groups in total. The Morgan fingerprint density at radius 2 is 2.17 bits per heavy atom. The molecule has 0 fully saturated rings. The van der Waals surface area contributed by atoms with Crippen molar-refractivity contribution in [1.29, 1.82) is 0 Å². The summed E-state index contributed by atoms with van der Waals surface area (Å²) in [6.45, 7) is 2.13. The maximum Gasteiger partial charge on any atom is 0.0409 e. The first-order valence-electron chi connectivity index (χ1n) is 5.76. The molecular weight excluding hydrogens is 330 g/mol. The first-order valence-corrected chi connectivity index (χ1v) is 7.81. The normalized spacial score (nSPS) is 12.7. The van der Waals surface area contributed by atoms with Crippen LogP contribution in [0.15, 0.2) is 34.1 Å². The number of nitrogens with one attached hydrogen (secondary N) is 1. The van der Waals surface area contributed by atoms with Gasteiger partial charge in [0.05, 0.1) is 0 Å². The molecular formula is C14H15BrClNS. The first-order chi connectivity index (χ1) is 8.60. The summed E-state index contributed by atoms with van der Waals surface area (Å²) in [6, 6.07) is 8.55. The minimum atomic E-state index is 0.300. The Bertz CT molecular complexity index is 538. The lowest BCUT2D eigenvalue weighted by Gasteiger charge is -2.18. The van der Waals surface area contributed by atoms with E-state index in [0.717, 1.165) is 15.9 Å². The molecule has 1 aromatic carbocycles. The number of rotatable bonds is 4. The molecule has 2 aromatic rings. The number of hydrogen-bond acceptors (Lipinski definition) is 2. The van der Waals surface area contributed by atoms with E-state index >= 15 is 0 Å². The third-order valence-corrected chi connectivity index (χ3v) is 4.95. The van der Waals surface area contributed by atoms with Crippen LogP contribution in [0.25, 0.3) is 0 Å². The molecule has 0 aliphatic carbocycles. The van der Waals surface area contributed by atoms with Crippen LogP contribution in [0.2, 0.25) is 5.02 Å². The number of benzene rings is 1. The second kappa shape index (κ2) is 6.20. The van der Waals surface area contributed by atoms with Gasteiger partial charge in [-0.2, -0.15) is 0 Å². The van der Waals surface area contributed by atoms with E-state index in [0.29, 0.717) is 6.04 Å². The summed E-state index contributed by atoms with van der Waals surface area (Å²) in [5.74, 6) is 0. The van der Waals surface area contributed by atoms with E-state index in [-0.39, 0.29) is 0 Å². The molecule has 2 rings (SSSR count). The smallest absolute Gasteiger partial charge is 0.0409 e. The SMILES string of the molecule is CNC(Cc1cc(Br)cs1)c1cc(Cl)ccc1C. The van der Waals surface area contributed by atoms with Crippen LogP contribution in [0.1, 0.15) is 22.0 Å². The zero-order chi connectivity index (χ0) is 13.1. The third kappa shape index (κ3) is 3.35. The molecule has 0 saturated heterocycles. The highest BCUT2D eigenvalue weighted by atomic mass is 79.9. The highest BCUT2D eigenvalue weighted by molar-refractivity contribution is 9.10. The topological polar surface area (TPSA) is 12.0 Å². The van der Waals surface area contributed by atoms with Crippen LogP contribution < -0.4 is 5.32 Å². The summed E-state index contributed by atoms with van der Waals surface area (Å²) >= 11 is 11.4. The summed E-state index contributed by atoms with van der Waals surface area (Å²) in [5.41, 5.74) is 2.55. The fourth-order valence-electron chi connectivity index (χ4n) is 2.02. The second-order valence-corrected chi connectivity index (χ2v) is 6.63. The molecule has 1 unspecified atom stereocenters. The Kier molecular flexibility index (Phi) is 4.84. The Morgan fingerprint density at radius 1 is 1.39 bits per heavy atom. The standard InChI is InChI=1S/C14H15BrClNS/c1-9-3-4-11(16)6-13(9)14(17-2)7-12-5-10(15)8-18-12/h3-6,8,14,17H,7H2,1-2H3. The second-order valence-electron chi connectivity index (χ2n) is 4.28. The summed E-state index contributed by atoms with van der Waals surface area (Å²) in [4.78, 5) is 1.36. The van der Waals surface area contributed by atoms with Gasteiger partial charge in [0.2, 0.25) is 0 Å². The molecule has 96 valence electrons. The minimum Gasteiger partial charge on any atom is -0.313 e. The van der Waals surface area contributed by atoms with Crippen LogP contribution in [-0.2, 0) is 6.42 Å². The average molecular weight is 345 g/mol. The van der Waals surface area contributed by atoms with Crippen molar-refractivity contribution in [1.82, 2.24) is 5.32 Å². The van der Waals surface area contributed by atoms with Crippen LogP contribution in [-0.4, -0.2) is 7.05 Å². The van der Waals surface area contributed by atoms with E-state index in [1.807, 2.05) is 13.1 Å². The Labute approximate surface area is 125 Å². The average Bonchev–Trinajstić information content (AvgIpc) is 2.75. The van der Waals surface area contributed by atoms with Gasteiger partial charge in [-0.1, -0.05) is 17.7 Å². The van der Waals surface area contributed by atoms with Crippen molar-refractivity contribution in [3.05, 3.63) is 55.1 Å². The number of hydrogen-bond donors (Lipinski definition) is 1. The van der Waals surface area contributed by atoms with E-state index in [4.69, 9.17) is 11.6 Å². The molecule has 1 heterocycles. The van der Waals surface area contributed by atoms with Crippen molar-refractivity contribution in [3.8, 4) is 0 Å². The summed E-state index contributed by atoms with van der Waals surface area (Å²) in [6.07, 6.45) is 0.980. The quantitative estimate of drug-likeness (QED) is 0.825. The highest BCUT2D eigenvalue weighted by Crippen LogP contribution is 2.28. The molecule has 1 atom stereocenters. The fourth-order valence-corrected chi connectivity index (χ4v) is 3.69. The Morgan fingerprint density at radius 3 is 2.78 bits per heavy atom. The van der Waals surface area contributed by atoms with Crippen molar-refractivity contribution < 1.29 is 0 Å². The van der Waals surface area contributed by atoms with Crippen molar-refractivity contribution in [2.24, 2.45) is 0 Å². The van der Waals surface area contributed by atoms with E-state index in [1.165, 1.54) is 16.0 Å². The van der Waals surface area contributed by atoms with Crippen molar-refractivity contribution >= 4 is 38.9 Å². The van der Waals surface area contributed by atoms with Crippen LogP contribution in [0.4, 0.5) is 0 Å².